The summed E-state index contributed by atoms with van der Waals surface area (Å²) in [6.07, 6.45) is 0. The van der Waals surface area contributed by atoms with Crippen LogP contribution in [-0.4, -0.2) is 62.7 Å². The third-order valence-corrected chi connectivity index (χ3v) is 4.85. The zero-order chi connectivity index (χ0) is 19.8. The summed E-state index contributed by atoms with van der Waals surface area (Å²) in [5.41, 5.74) is 2.13. The Morgan fingerprint density at radius 2 is 1.89 bits per heavy atom. The van der Waals surface area contributed by atoms with Crippen molar-refractivity contribution >= 4 is 5.96 Å². The van der Waals surface area contributed by atoms with Gasteiger partial charge in [-0.1, -0.05) is 42.5 Å². The van der Waals surface area contributed by atoms with E-state index in [9.17, 15) is 4.39 Å². The molecule has 1 aliphatic heterocycles. The highest BCUT2D eigenvalue weighted by atomic mass is 19.1. The third-order valence-electron chi connectivity index (χ3n) is 4.85. The summed E-state index contributed by atoms with van der Waals surface area (Å²) >= 11 is 0. The molecule has 2 aromatic carbocycles. The lowest BCUT2D eigenvalue weighted by molar-refractivity contribution is 0.0168. The molecule has 28 heavy (non-hydrogen) atoms. The molecule has 5 nitrogen and oxygen atoms in total. The number of ether oxygens (including phenoxy) is 1. The number of nitrogens with one attached hydrogen (secondary N) is 1. The van der Waals surface area contributed by atoms with Crippen molar-refractivity contribution in [1.29, 1.82) is 0 Å². The quantitative estimate of drug-likeness (QED) is 0.614. The first kappa shape index (κ1) is 20.3. The maximum atomic E-state index is 13.8. The Morgan fingerprint density at radius 1 is 1.14 bits per heavy atom. The molecule has 1 N–H and O–H groups in total. The molecule has 0 radical (unpaired) electrons. The van der Waals surface area contributed by atoms with Crippen molar-refractivity contribution in [3.05, 3.63) is 71.5 Å². The molecule has 1 unspecified atom stereocenters. The van der Waals surface area contributed by atoms with Gasteiger partial charge in [0.2, 0.25) is 0 Å². The minimum Gasteiger partial charge on any atom is -0.379 e. The number of guanidine groups is 1. The van der Waals surface area contributed by atoms with E-state index in [1.54, 1.807) is 12.1 Å². The van der Waals surface area contributed by atoms with Gasteiger partial charge >= 0.3 is 0 Å². The molecule has 1 saturated heterocycles. The van der Waals surface area contributed by atoms with Gasteiger partial charge in [-0.05, 0) is 23.3 Å². The third kappa shape index (κ3) is 5.78. The standard InChI is InChI=1S/C22H29FN4O/c1-26(2)22(24-16-18-7-4-3-5-8-18)25-17-21(27-11-13-28-14-12-27)19-9-6-10-20(23)15-19/h3-10,15,21H,11-14,16-17H2,1-2H3,(H,24,25). The van der Waals surface area contributed by atoms with Crippen LogP contribution in [0.2, 0.25) is 0 Å². The van der Waals surface area contributed by atoms with Gasteiger partial charge in [0.1, 0.15) is 5.82 Å². The van der Waals surface area contributed by atoms with Gasteiger partial charge in [-0.15, -0.1) is 0 Å². The van der Waals surface area contributed by atoms with E-state index in [-0.39, 0.29) is 11.9 Å². The predicted octanol–water partition coefficient (Wildman–Crippen LogP) is 2.91. The lowest BCUT2D eigenvalue weighted by atomic mass is 10.0. The van der Waals surface area contributed by atoms with Crippen LogP contribution in [0.1, 0.15) is 17.2 Å². The van der Waals surface area contributed by atoms with Crippen LogP contribution >= 0.6 is 0 Å². The highest BCUT2D eigenvalue weighted by Gasteiger charge is 2.23. The van der Waals surface area contributed by atoms with Crippen LogP contribution < -0.4 is 5.32 Å². The Hall–Kier alpha value is -2.44. The average molecular weight is 384 g/mol. The second-order valence-electron chi connectivity index (χ2n) is 7.12. The molecule has 2 aromatic rings. The summed E-state index contributed by atoms with van der Waals surface area (Å²) in [7, 11) is 3.95. The monoisotopic (exact) mass is 384 g/mol. The molecular formula is C22H29FN4O. The Morgan fingerprint density at radius 3 is 2.57 bits per heavy atom. The van der Waals surface area contributed by atoms with Crippen molar-refractivity contribution in [3.63, 3.8) is 0 Å². The van der Waals surface area contributed by atoms with E-state index in [4.69, 9.17) is 9.73 Å². The van der Waals surface area contributed by atoms with E-state index in [0.29, 0.717) is 26.3 Å². The molecule has 1 heterocycles. The van der Waals surface area contributed by atoms with Crippen LogP contribution in [0.3, 0.4) is 0 Å². The maximum Gasteiger partial charge on any atom is 0.193 e. The Labute approximate surface area is 166 Å². The Bertz CT molecular complexity index is 760. The number of halogens is 1. The zero-order valence-electron chi connectivity index (χ0n) is 16.6. The minimum atomic E-state index is -0.207. The van der Waals surface area contributed by atoms with E-state index < -0.39 is 0 Å². The van der Waals surface area contributed by atoms with E-state index in [2.05, 4.69) is 22.3 Å². The summed E-state index contributed by atoms with van der Waals surface area (Å²) in [5.74, 6) is 0.611. The highest BCUT2D eigenvalue weighted by Crippen LogP contribution is 2.22. The molecule has 0 amide bonds. The van der Waals surface area contributed by atoms with Crippen molar-refractivity contribution in [2.75, 3.05) is 46.9 Å². The highest BCUT2D eigenvalue weighted by molar-refractivity contribution is 5.79. The molecular weight excluding hydrogens is 355 g/mol. The van der Waals surface area contributed by atoms with Crippen LogP contribution in [0, 0.1) is 5.82 Å². The van der Waals surface area contributed by atoms with E-state index in [1.807, 2.05) is 43.3 Å². The van der Waals surface area contributed by atoms with Gasteiger partial charge in [-0.2, -0.15) is 0 Å². The first-order chi connectivity index (χ1) is 13.6. The van der Waals surface area contributed by atoms with Gasteiger partial charge in [0, 0.05) is 33.7 Å². The van der Waals surface area contributed by atoms with Crippen molar-refractivity contribution in [3.8, 4) is 0 Å². The van der Waals surface area contributed by atoms with Gasteiger partial charge < -0.3 is 15.0 Å². The summed E-state index contributed by atoms with van der Waals surface area (Å²) in [6, 6.07) is 17.1. The van der Waals surface area contributed by atoms with E-state index >= 15 is 0 Å². The molecule has 1 atom stereocenters. The maximum absolute atomic E-state index is 13.8. The van der Waals surface area contributed by atoms with E-state index in [1.165, 1.54) is 11.6 Å². The van der Waals surface area contributed by atoms with Crippen molar-refractivity contribution in [2.45, 2.75) is 12.6 Å². The smallest absolute Gasteiger partial charge is 0.193 e. The van der Waals surface area contributed by atoms with Crippen LogP contribution in [0.25, 0.3) is 0 Å². The summed E-state index contributed by atoms with van der Waals surface area (Å²) in [6.45, 7) is 4.34. The van der Waals surface area contributed by atoms with Gasteiger partial charge in [0.05, 0.1) is 25.8 Å². The van der Waals surface area contributed by atoms with Gasteiger partial charge in [0.25, 0.3) is 0 Å². The van der Waals surface area contributed by atoms with Crippen molar-refractivity contribution < 1.29 is 9.13 Å². The van der Waals surface area contributed by atoms with Crippen LogP contribution in [0.4, 0.5) is 4.39 Å². The fraction of sp³-hybridized carbons (Fsp3) is 0.409. The van der Waals surface area contributed by atoms with Gasteiger partial charge in [-0.3, -0.25) is 4.90 Å². The van der Waals surface area contributed by atoms with Crippen molar-refractivity contribution in [1.82, 2.24) is 15.1 Å². The second kappa shape index (κ2) is 10.2. The Kier molecular flexibility index (Phi) is 7.39. The molecule has 150 valence electrons. The molecule has 1 fully saturated rings. The minimum absolute atomic E-state index is 0.0569. The first-order valence-electron chi connectivity index (χ1n) is 9.70. The number of hydrogen-bond donors (Lipinski definition) is 1. The molecule has 0 aromatic heterocycles. The number of nitrogens with zero attached hydrogens (tertiary/aromatic N) is 3. The number of morpholine rings is 1. The summed E-state index contributed by atoms with van der Waals surface area (Å²) < 4.78 is 19.3. The SMILES string of the molecule is CN(C)C(=NCc1ccccc1)NCC(c1cccc(F)c1)N1CCOCC1. The van der Waals surface area contributed by atoms with Crippen molar-refractivity contribution in [2.24, 2.45) is 4.99 Å². The molecule has 0 aliphatic carbocycles. The zero-order valence-corrected chi connectivity index (χ0v) is 16.6. The number of aliphatic imine (C=N–C) groups is 1. The van der Waals surface area contributed by atoms with Gasteiger partial charge in [0.15, 0.2) is 5.96 Å². The predicted molar refractivity (Wildman–Crippen MR) is 111 cm³/mol. The topological polar surface area (TPSA) is 40.1 Å². The molecule has 0 spiro atoms. The van der Waals surface area contributed by atoms with Crippen LogP contribution in [0.15, 0.2) is 59.6 Å². The van der Waals surface area contributed by atoms with Crippen LogP contribution in [-0.2, 0) is 11.3 Å². The molecule has 3 rings (SSSR count). The fourth-order valence-electron chi connectivity index (χ4n) is 3.35. The lowest BCUT2D eigenvalue weighted by Gasteiger charge is -2.35. The molecule has 0 bridgehead atoms. The lowest BCUT2D eigenvalue weighted by Crippen LogP contribution is -2.46. The average Bonchev–Trinajstić information content (AvgIpc) is 2.72. The Balaban J connectivity index is 1.73. The molecule has 1 aliphatic rings. The second-order valence-corrected chi connectivity index (χ2v) is 7.12. The number of rotatable bonds is 6. The fourth-order valence-corrected chi connectivity index (χ4v) is 3.35. The molecule has 6 heteroatoms. The van der Waals surface area contributed by atoms with Gasteiger partial charge in [-0.25, -0.2) is 9.38 Å². The summed E-state index contributed by atoms with van der Waals surface area (Å²) in [5, 5.41) is 3.48. The normalized spacial score (nSPS) is 16.6. The number of benzene rings is 2. The molecule has 0 saturated carbocycles. The largest absolute Gasteiger partial charge is 0.379 e. The van der Waals surface area contributed by atoms with Crippen LogP contribution in [0.5, 0.6) is 0 Å². The number of hydrogen-bond acceptors (Lipinski definition) is 3. The van der Waals surface area contributed by atoms with E-state index in [0.717, 1.165) is 24.6 Å². The summed E-state index contributed by atoms with van der Waals surface area (Å²) in [4.78, 5) is 9.06. The first-order valence-corrected chi connectivity index (χ1v) is 9.70.